The lowest BCUT2D eigenvalue weighted by molar-refractivity contribution is 0.340. The molecule has 1 heterocycles. The van der Waals surface area contributed by atoms with Crippen LogP contribution in [0.15, 0.2) is 91.0 Å². The van der Waals surface area contributed by atoms with Crippen molar-refractivity contribution in [3.8, 4) is 28.1 Å². The highest BCUT2D eigenvalue weighted by molar-refractivity contribution is 6.30. The Morgan fingerprint density at radius 3 is 2.30 bits per heavy atom. The summed E-state index contributed by atoms with van der Waals surface area (Å²) >= 11 is 6.09. The molecule has 2 nitrogen and oxygen atoms in total. The second-order valence-corrected chi connectivity index (χ2v) is 7.64. The summed E-state index contributed by atoms with van der Waals surface area (Å²) in [5.41, 5.74) is 5.24. The van der Waals surface area contributed by atoms with Crippen molar-refractivity contribution in [2.45, 2.75) is 6.92 Å². The van der Waals surface area contributed by atoms with Crippen molar-refractivity contribution < 1.29 is 4.74 Å². The number of ether oxygens (including phenoxy) is 1. The van der Waals surface area contributed by atoms with E-state index in [1.165, 1.54) is 10.8 Å². The Kier molecular flexibility index (Phi) is 4.86. The minimum absolute atomic E-state index is 0.656. The molecule has 1 aromatic heterocycles. The molecule has 0 N–H and O–H groups in total. The molecule has 0 aliphatic carbocycles. The van der Waals surface area contributed by atoms with Crippen molar-refractivity contribution in [1.82, 2.24) is 4.98 Å². The van der Waals surface area contributed by atoms with Crippen molar-refractivity contribution in [3.63, 3.8) is 0 Å². The van der Waals surface area contributed by atoms with Crippen LogP contribution in [0, 0.1) is 0 Å². The summed E-state index contributed by atoms with van der Waals surface area (Å²) in [7, 11) is 0. The molecule has 0 radical (unpaired) electrons. The van der Waals surface area contributed by atoms with E-state index in [1.54, 1.807) is 0 Å². The number of halogens is 1. The van der Waals surface area contributed by atoms with Crippen molar-refractivity contribution in [2.75, 3.05) is 6.61 Å². The first-order chi connectivity index (χ1) is 14.7. The average molecular weight is 410 g/mol. The highest BCUT2D eigenvalue weighted by atomic mass is 35.5. The summed E-state index contributed by atoms with van der Waals surface area (Å²) < 4.78 is 5.63. The monoisotopic (exact) mass is 409 g/mol. The van der Waals surface area contributed by atoms with Crippen molar-refractivity contribution >= 4 is 33.3 Å². The fourth-order valence-corrected chi connectivity index (χ4v) is 4.03. The van der Waals surface area contributed by atoms with Crippen LogP contribution < -0.4 is 4.74 Å². The minimum atomic E-state index is 0.656. The molecule has 0 atom stereocenters. The Hall–Kier alpha value is -3.36. The summed E-state index contributed by atoms with van der Waals surface area (Å²) in [5.74, 6) is 0.877. The fraction of sp³-hybridized carbons (Fsp3) is 0.0741. The zero-order chi connectivity index (χ0) is 20.5. The second-order valence-electron chi connectivity index (χ2n) is 7.20. The van der Waals surface area contributed by atoms with Crippen LogP contribution in [0.3, 0.4) is 0 Å². The van der Waals surface area contributed by atoms with E-state index in [-0.39, 0.29) is 0 Å². The third-order valence-corrected chi connectivity index (χ3v) is 5.57. The van der Waals surface area contributed by atoms with Gasteiger partial charge >= 0.3 is 0 Å². The fourth-order valence-electron chi connectivity index (χ4n) is 3.90. The van der Waals surface area contributed by atoms with Gasteiger partial charge in [-0.3, -0.25) is 0 Å². The van der Waals surface area contributed by atoms with Gasteiger partial charge in [-0.1, -0.05) is 66.2 Å². The lowest BCUT2D eigenvalue weighted by atomic mass is 9.94. The molecule has 0 saturated heterocycles. The SMILES string of the molecule is CCOc1ccc(-c2cc(-c3ccc(Cl)cc3)nc3ccc4ccccc4c23)cc1. The number of rotatable bonds is 4. The van der Waals surface area contributed by atoms with E-state index in [2.05, 4.69) is 54.6 Å². The first-order valence-corrected chi connectivity index (χ1v) is 10.4. The number of pyridine rings is 1. The Morgan fingerprint density at radius 1 is 0.800 bits per heavy atom. The van der Waals surface area contributed by atoms with Gasteiger partial charge in [-0.2, -0.15) is 0 Å². The summed E-state index contributed by atoms with van der Waals surface area (Å²) in [6.45, 7) is 2.65. The van der Waals surface area contributed by atoms with Gasteiger partial charge < -0.3 is 4.74 Å². The molecule has 0 bridgehead atoms. The van der Waals surface area contributed by atoms with Crippen LogP contribution in [-0.4, -0.2) is 11.6 Å². The van der Waals surface area contributed by atoms with Crippen molar-refractivity contribution in [3.05, 3.63) is 96.0 Å². The van der Waals surface area contributed by atoms with Crippen LogP contribution >= 0.6 is 11.6 Å². The Labute approximate surface area is 180 Å². The lowest BCUT2D eigenvalue weighted by Crippen LogP contribution is -1.93. The van der Waals surface area contributed by atoms with E-state index in [1.807, 2.05) is 43.3 Å². The molecule has 146 valence electrons. The number of fused-ring (bicyclic) bond motifs is 3. The van der Waals surface area contributed by atoms with E-state index in [0.29, 0.717) is 6.61 Å². The molecule has 5 aromatic rings. The maximum atomic E-state index is 6.09. The van der Waals surface area contributed by atoms with Crippen LogP contribution in [0.25, 0.3) is 44.1 Å². The standard InChI is InChI=1S/C27H20ClNO/c1-2-30-22-14-9-19(10-15-22)24-17-26(20-7-12-21(28)13-8-20)29-25-16-11-18-5-3-4-6-23(18)27(24)25/h3-17H,2H2,1H3. The van der Waals surface area contributed by atoms with Gasteiger partial charge in [0.15, 0.2) is 0 Å². The van der Waals surface area contributed by atoms with Crippen LogP contribution in [0.4, 0.5) is 0 Å². The predicted molar refractivity (Wildman–Crippen MR) is 126 cm³/mol. The maximum Gasteiger partial charge on any atom is 0.119 e. The molecule has 5 rings (SSSR count). The average Bonchev–Trinajstić information content (AvgIpc) is 2.79. The second kappa shape index (κ2) is 7.81. The number of hydrogen-bond donors (Lipinski definition) is 0. The Bertz CT molecular complexity index is 1340. The van der Waals surface area contributed by atoms with Crippen molar-refractivity contribution in [2.24, 2.45) is 0 Å². The molecule has 0 spiro atoms. The number of aromatic nitrogens is 1. The first kappa shape index (κ1) is 18.7. The van der Waals surface area contributed by atoms with Crippen LogP contribution in [0.2, 0.25) is 5.02 Å². The van der Waals surface area contributed by atoms with E-state index in [0.717, 1.165) is 44.1 Å². The molecular formula is C27H20ClNO. The molecule has 30 heavy (non-hydrogen) atoms. The number of hydrogen-bond acceptors (Lipinski definition) is 2. The van der Waals surface area contributed by atoms with E-state index in [9.17, 15) is 0 Å². The van der Waals surface area contributed by atoms with E-state index < -0.39 is 0 Å². The van der Waals surface area contributed by atoms with Crippen LogP contribution in [0.5, 0.6) is 5.75 Å². The molecule has 0 unspecified atom stereocenters. The van der Waals surface area contributed by atoms with Gasteiger partial charge in [0.1, 0.15) is 5.75 Å². The van der Waals surface area contributed by atoms with Crippen LogP contribution in [0.1, 0.15) is 6.92 Å². The molecule has 0 aliphatic rings. The lowest BCUT2D eigenvalue weighted by Gasteiger charge is -2.13. The highest BCUT2D eigenvalue weighted by Gasteiger charge is 2.13. The minimum Gasteiger partial charge on any atom is -0.494 e. The van der Waals surface area contributed by atoms with Crippen molar-refractivity contribution in [1.29, 1.82) is 0 Å². The smallest absolute Gasteiger partial charge is 0.119 e. The van der Waals surface area contributed by atoms with Crippen LogP contribution in [-0.2, 0) is 0 Å². The molecular weight excluding hydrogens is 390 g/mol. The summed E-state index contributed by atoms with van der Waals surface area (Å²) in [6, 6.07) is 31.0. The van der Waals surface area contributed by atoms with Gasteiger partial charge in [0, 0.05) is 16.0 Å². The Balaban J connectivity index is 1.80. The van der Waals surface area contributed by atoms with E-state index >= 15 is 0 Å². The third-order valence-electron chi connectivity index (χ3n) is 5.31. The first-order valence-electron chi connectivity index (χ1n) is 10.0. The molecule has 0 saturated carbocycles. The molecule has 0 fully saturated rings. The Morgan fingerprint density at radius 2 is 1.53 bits per heavy atom. The summed E-state index contributed by atoms with van der Waals surface area (Å²) in [5, 5.41) is 4.29. The van der Waals surface area contributed by atoms with Gasteiger partial charge in [0.2, 0.25) is 0 Å². The zero-order valence-electron chi connectivity index (χ0n) is 16.6. The summed E-state index contributed by atoms with van der Waals surface area (Å²) in [4.78, 5) is 4.99. The van der Waals surface area contributed by atoms with Gasteiger partial charge in [-0.15, -0.1) is 0 Å². The molecule has 0 amide bonds. The maximum absolute atomic E-state index is 6.09. The topological polar surface area (TPSA) is 22.1 Å². The van der Waals surface area contributed by atoms with Gasteiger partial charge in [0.25, 0.3) is 0 Å². The van der Waals surface area contributed by atoms with Gasteiger partial charge in [-0.05, 0) is 65.2 Å². The van der Waals surface area contributed by atoms with Gasteiger partial charge in [-0.25, -0.2) is 4.98 Å². The zero-order valence-corrected chi connectivity index (χ0v) is 17.4. The quantitative estimate of drug-likeness (QED) is 0.283. The largest absolute Gasteiger partial charge is 0.494 e. The summed E-state index contributed by atoms with van der Waals surface area (Å²) in [6.07, 6.45) is 0. The third kappa shape index (κ3) is 3.40. The number of benzene rings is 4. The van der Waals surface area contributed by atoms with E-state index in [4.69, 9.17) is 21.3 Å². The molecule has 4 aromatic carbocycles. The molecule has 0 aliphatic heterocycles. The predicted octanol–water partition coefficient (Wildman–Crippen LogP) is 7.77. The number of nitrogens with zero attached hydrogens (tertiary/aromatic N) is 1. The highest BCUT2D eigenvalue weighted by Crippen LogP contribution is 2.37. The normalized spacial score (nSPS) is 11.1. The molecule has 3 heteroatoms. The van der Waals surface area contributed by atoms with Gasteiger partial charge in [0.05, 0.1) is 17.8 Å².